The second-order valence-corrected chi connectivity index (χ2v) is 4.96. The number of benzene rings is 1. The molecule has 1 aromatic rings. The van der Waals surface area contributed by atoms with E-state index < -0.39 is 0 Å². The number of carbonyl (C=O) groups is 1. The van der Waals surface area contributed by atoms with Gasteiger partial charge in [-0.25, -0.2) is 0 Å². The van der Waals surface area contributed by atoms with Gasteiger partial charge in [-0.2, -0.15) is 0 Å². The van der Waals surface area contributed by atoms with Gasteiger partial charge >= 0.3 is 0 Å². The molecule has 0 aromatic heterocycles. The maximum absolute atomic E-state index is 12.2. The zero-order valence-corrected chi connectivity index (χ0v) is 11.6. The van der Waals surface area contributed by atoms with Crippen LogP contribution in [-0.4, -0.2) is 43.2 Å². The molecular formula is C13H18ClN3O2. The number of rotatable bonds is 3. The number of ether oxygens (including phenoxy) is 1. The Morgan fingerprint density at radius 3 is 2.79 bits per heavy atom. The van der Waals surface area contributed by atoms with Crippen LogP contribution in [0.15, 0.2) is 18.2 Å². The number of hydrogen-bond donors (Lipinski definition) is 2. The molecule has 0 aliphatic carbocycles. The Hall–Kier alpha value is -1.30. The Kier molecular flexibility index (Phi) is 4.63. The predicted molar refractivity (Wildman–Crippen MR) is 76.3 cm³/mol. The number of morpholine rings is 1. The van der Waals surface area contributed by atoms with Gasteiger partial charge in [0, 0.05) is 18.8 Å². The highest BCUT2D eigenvalue weighted by Gasteiger charge is 2.23. The molecule has 1 amide bonds. The van der Waals surface area contributed by atoms with E-state index in [2.05, 4.69) is 10.2 Å². The van der Waals surface area contributed by atoms with Crippen LogP contribution in [0.2, 0.25) is 5.02 Å². The summed E-state index contributed by atoms with van der Waals surface area (Å²) in [6.07, 6.45) is 0. The molecule has 1 heterocycles. The number of carbonyl (C=O) groups excluding carboxylic acids is 1. The fourth-order valence-electron chi connectivity index (χ4n) is 2.00. The maximum atomic E-state index is 12.2. The van der Waals surface area contributed by atoms with Crippen LogP contribution in [0, 0.1) is 0 Å². The average molecular weight is 284 g/mol. The summed E-state index contributed by atoms with van der Waals surface area (Å²) in [7, 11) is 0. The number of amides is 1. The summed E-state index contributed by atoms with van der Waals surface area (Å²) in [5.41, 5.74) is 6.77. The van der Waals surface area contributed by atoms with E-state index in [1.807, 2.05) is 6.92 Å². The molecular weight excluding hydrogens is 266 g/mol. The zero-order chi connectivity index (χ0) is 13.8. The number of anilines is 2. The van der Waals surface area contributed by atoms with Crippen molar-refractivity contribution in [2.24, 2.45) is 0 Å². The number of nitrogens with zero attached hydrogens (tertiary/aromatic N) is 1. The summed E-state index contributed by atoms with van der Waals surface area (Å²) < 4.78 is 5.27. The van der Waals surface area contributed by atoms with Crippen molar-refractivity contribution in [2.75, 3.05) is 37.4 Å². The van der Waals surface area contributed by atoms with Crippen molar-refractivity contribution in [1.29, 1.82) is 0 Å². The molecule has 3 N–H and O–H groups in total. The Labute approximate surface area is 117 Å². The molecule has 1 saturated heterocycles. The van der Waals surface area contributed by atoms with E-state index in [0.717, 1.165) is 13.1 Å². The number of hydrogen-bond acceptors (Lipinski definition) is 4. The molecule has 0 saturated carbocycles. The molecule has 1 fully saturated rings. The molecule has 1 unspecified atom stereocenters. The topological polar surface area (TPSA) is 67.6 Å². The summed E-state index contributed by atoms with van der Waals surface area (Å²) in [6, 6.07) is 4.83. The molecule has 2 rings (SSSR count). The summed E-state index contributed by atoms with van der Waals surface area (Å²) in [4.78, 5) is 14.3. The SMILES string of the molecule is CC(C(=O)Nc1ccc(N)cc1Cl)N1CCOCC1. The smallest absolute Gasteiger partial charge is 0.241 e. The molecule has 5 nitrogen and oxygen atoms in total. The van der Waals surface area contributed by atoms with Gasteiger partial charge in [-0.05, 0) is 25.1 Å². The summed E-state index contributed by atoms with van der Waals surface area (Å²) in [5.74, 6) is -0.0754. The van der Waals surface area contributed by atoms with Crippen LogP contribution < -0.4 is 11.1 Å². The number of nitrogens with two attached hydrogens (primary N) is 1. The Morgan fingerprint density at radius 1 is 1.47 bits per heavy atom. The van der Waals surface area contributed by atoms with E-state index in [1.165, 1.54) is 0 Å². The lowest BCUT2D eigenvalue weighted by molar-refractivity contribution is -0.122. The lowest BCUT2D eigenvalue weighted by atomic mass is 10.2. The van der Waals surface area contributed by atoms with Crippen LogP contribution in [0.3, 0.4) is 0 Å². The van der Waals surface area contributed by atoms with Crippen molar-refractivity contribution in [3.05, 3.63) is 23.2 Å². The third-order valence-electron chi connectivity index (χ3n) is 3.22. The highest BCUT2D eigenvalue weighted by atomic mass is 35.5. The molecule has 1 aliphatic heterocycles. The fourth-order valence-corrected chi connectivity index (χ4v) is 2.24. The van der Waals surface area contributed by atoms with E-state index in [1.54, 1.807) is 18.2 Å². The van der Waals surface area contributed by atoms with Crippen molar-refractivity contribution in [3.8, 4) is 0 Å². The van der Waals surface area contributed by atoms with Crippen LogP contribution in [0.5, 0.6) is 0 Å². The maximum Gasteiger partial charge on any atom is 0.241 e. The van der Waals surface area contributed by atoms with Crippen LogP contribution in [-0.2, 0) is 9.53 Å². The van der Waals surface area contributed by atoms with Gasteiger partial charge in [0.25, 0.3) is 0 Å². The predicted octanol–water partition coefficient (Wildman–Crippen LogP) is 1.58. The average Bonchev–Trinajstić information content (AvgIpc) is 2.42. The normalized spacial score (nSPS) is 18.0. The molecule has 6 heteroatoms. The molecule has 104 valence electrons. The van der Waals surface area contributed by atoms with Gasteiger partial charge in [-0.1, -0.05) is 11.6 Å². The Morgan fingerprint density at radius 2 is 2.16 bits per heavy atom. The highest BCUT2D eigenvalue weighted by Crippen LogP contribution is 2.24. The standard InChI is InChI=1S/C13H18ClN3O2/c1-9(17-4-6-19-7-5-17)13(18)16-12-3-2-10(15)8-11(12)14/h2-3,8-9H,4-7,15H2,1H3,(H,16,18). The second-order valence-electron chi connectivity index (χ2n) is 4.55. The highest BCUT2D eigenvalue weighted by molar-refractivity contribution is 6.34. The first-order valence-electron chi connectivity index (χ1n) is 6.25. The minimum atomic E-state index is -0.211. The van der Waals surface area contributed by atoms with E-state index in [4.69, 9.17) is 22.1 Å². The van der Waals surface area contributed by atoms with Crippen molar-refractivity contribution in [3.63, 3.8) is 0 Å². The third-order valence-corrected chi connectivity index (χ3v) is 3.54. The molecule has 1 aliphatic rings. The third kappa shape index (κ3) is 3.59. The Bertz CT molecular complexity index is 461. The van der Waals surface area contributed by atoms with E-state index >= 15 is 0 Å². The van der Waals surface area contributed by atoms with Crippen molar-refractivity contribution in [1.82, 2.24) is 4.90 Å². The number of nitrogen functional groups attached to an aromatic ring is 1. The Balaban J connectivity index is 1.99. The summed E-state index contributed by atoms with van der Waals surface area (Å²) in [6.45, 7) is 4.75. The molecule has 19 heavy (non-hydrogen) atoms. The minimum absolute atomic E-state index is 0.0754. The fraction of sp³-hybridized carbons (Fsp3) is 0.462. The molecule has 1 aromatic carbocycles. The quantitative estimate of drug-likeness (QED) is 0.827. The molecule has 0 spiro atoms. The lowest BCUT2D eigenvalue weighted by Gasteiger charge is -2.31. The van der Waals surface area contributed by atoms with Crippen LogP contribution in [0.25, 0.3) is 0 Å². The van der Waals surface area contributed by atoms with Crippen LogP contribution in [0.1, 0.15) is 6.92 Å². The van der Waals surface area contributed by atoms with Crippen molar-refractivity contribution < 1.29 is 9.53 Å². The van der Waals surface area contributed by atoms with E-state index in [-0.39, 0.29) is 11.9 Å². The van der Waals surface area contributed by atoms with Gasteiger partial charge in [-0.15, -0.1) is 0 Å². The van der Waals surface area contributed by atoms with E-state index in [9.17, 15) is 4.79 Å². The van der Waals surface area contributed by atoms with Gasteiger partial charge in [0.2, 0.25) is 5.91 Å². The van der Waals surface area contributed by atoms with Crippen molar-refractivity contribution in [2.45, 2.75) is 13.0 Å². The monoisotopic (exact) mass is 283 g/mol. The molecule has 0 bridgehead atoms. The van der Waals surface area contributed by atoms with Gasteiger partial charge in [0.15, 0.2) is 0 Å². The van der Waals surface area contributed by atoms with Gasteiger partial charge in [-0.3, -0.25) is 9.69 Å². The minimum Gasteiger partial charge on any atom is -0.399 e. The van der Waals surface area contributed by atoms with Gasteiger partial charge < -0.3 is 15.8 Å². The largest absolute Gasteiger partial charge is 0.399 e. The molecule has 1 atom stereocenters. The van der Waals surface area contributed by atoms with E-state index in [0.29, 0.717) is 29.6 Å². The van der Waals surface area contributed by atoms with Gasteiger partial charge in [0.05, 0.1) is 30.0 Å². The van der Waals surface area contributed by atoms with Gasteiger partial charge in [0.1, 0.15) is 0 Å². The first-order valence-corrected chi connectivity index (χ1v) is 6.63. The number of halogens is 1. The number of nitrogens with one attached hydrogen (secondary N) is 1. The van der Waals surface area contributed by atoms with Crippen LogP contribution in [0.4, 0.5) is 11.4 Å². The van der Waals surface area contributed by atoms with Crippen molar-refractivity contribution >= 4 is 28.9 Å². The second kappa shape index (κ2) is 6.23. The molecule has 0 radical (unpaired) electrons. The summed E-state index contributed by atoms with van der Waals surface area (Å²) >= 11 is 6.04. The lowest BCUT2D eigenvalue weighted by Crippen LogP contribution is -2.47. The summed E-state index contributed by atoms with van der Waals surface area (Å²) in [5, 5.41) is 3.27. The first kappa shape index (κ1) is 14.1. The zero-order valence-electron chi connectivity index (χ0n) is 10.9. The van der Waals surface area contributed by atoms with Crippen LogP contribution >= 0.6 is 11.6 Å². The first-order chi connectivity index (χ1) is 9.08.